The molecule has 1 aromatic heterocycles. The van der Waals surface area contributed by atoms with Crippen molar-refractivity contribution >= 4 is 17.5 Å². The summed E-state index contributed by atoms with van der Waals surface area (Å²) in [5.41, 5.74) is 1.91. The van der Waals surface area contributed by atoms with Gasteiger partial charge in [-0.05, 0) is 23.8 Å². The number of anilines is 1. The standard InChI is InChI=1S/C22H21N5O2/c23-10-13-27(16-18-5-2-1-3-6-18)22(29)19-7-4-8-20(15-19)25-21(28)9-12-26-14-11-24-17-26/h1-8,11,14-15,17H,9,12-13,16H2,(H,25,28). The lowest BCUT2D eigenvalue weighted by Gasteiger charge is -2.20. The predicted molar refractivity (Wildman–Crippen MR) is 109 cm³/mol. The van der Waals surface area contributed by atoms with Crippen molar-refractivity contribution < 1.29 is 9.59 Å². The highest BCUT2D eigenvalue weighted by Gasteiger charge is 2.16. The first kappa shape index (κ1) is 19.8. The number of imidazole rings is 1. The summed E-state index contributed by atoms with van der Waals surface area (Å²) in [6.07, 6.45) is 5.41. The number of aryl methyl sites for hydroxylation is 1. The first-order valence-electron chi connectivity index (χ1n) is 9.21. The van der Waals surface area contributed by atoms with Gasteiger partial charge >= 0.3 is 0 Å². The van der Waals surface area contributed by atoms with Gasteiger partial charge in [0.25, 0.3) is 5.91 Å². The van der Waals surface area contributed by atoms with Crippen molar-refractivity contribution in [3.8, 4) is 6.07 Å². The van der Waals surface area contributed by atoms with Gasteiger partial charge in [0.05, 0.1) is 12.4 Å². The van der Waals surface area contributed by atoms with E-state index in [1.807, 2.05) is 41.0 Å². The summed E-state index contributed by atoms with van der Waals surface area (Å²) < 4.78 is 1.82. The molecule has 29 heavy (non-hydrogen) atoms. The van der Waals surface area contributed by atoms with E-state index in [2.05, 4.69) is 10.3 Å². The Kier molecular flexibility index (Phi) is 6.74. The van der Waals surface area contributed by atoms with Gasteiger partial charge in [0.2, 0.25) is 5.91 Å². The molecule has 0 saturated heterocycles. The number of carbonyl (C=O) groups excluding carboxylic acids is 2. The minimum Gasteiger partial charge on any atom is -0.337 e. The molecule has 7 heteroatoms. The molecule has 0 unspecified atom stereocenters. The molecule has 3 rings (SSSR count). The second kappa shape index (κ2) is 9.85. The van der Waals surface area contributed by atoms with Crippen LogP contribution >= 0.6 is 0 Å². The average Bonchev–Trinajstić information content (AvgIpc) is 3.26. The SMILES string of the molecule is N#CCN(Cc1ccccc1)C(=O)c1cccc(NC(=O)CCn2ccnc2)c1. The molecule has 0 aliphatic carbocycles. The topological polar surface area (TPSA) is 91.0 Å². The van der Waals surface area contributed by atoms with Crippen LogP contribution in [0.1, 0.15) is 22.3 Å². The minimum atomic E-state index is -0.259. The summed E-state index contributed by atoms with van der Waals surface area (Å²) in [6.45, 7) is 0.849. The Morgan fingerprint density at radius 1 is 1.14 bits per heavy atom. The molecule has 0 fully saturated rings. The van der Waals surface area contributed by atoms with Crippen LogP contribution in [0.5, 0.6) is 0 Å². The quantitative estimate of drug-likeness (QED) is 0.601. The summed E-state index contributed by atoms with van der Waals surface area (Å²) in [5, 5.41) is 11.9. The normalized spacial score (nSPS) is 10.2. The van der Waals surface area contributed by atoms with Crippen LogP contribution in [0.4, 0.5) is 5.69 Å². The Morgan fingerprint density at radius 2 is 1.97 bits per heavy atom. The van der Waals surface area contributed by atoms with Crippen LogP contribution in [0, 0.1) is 11.3 Å². The fourth-order valence-corrected chi connectivity index (χ4v) is 2.87. The number of nitrogens with zero attached hydrogens (tertiary/aromatic N) is 4. The fourth-order valence-electron chi connectivity index (χ4n) is 2.87. The Bertz CT molecular complexity index is 994. The largest absolute Gasteiger partial charge is 0.337 e. The van der Waals surface area contributed by atoms with Crippen molar-refractivity contribution in [2.45, 2.75) is 19.5 Å². The van der Waals surface area contributed by atoms with Gasteiger partial charge in [-0.1, -0.05) is 36.4 Å². The summed E-state index contributed by atoms with van der Waals surface area (Å²) >= 11 is 0. The third kappa shape index (κ3) is 5.78. The average molecular weight is 387 g/mol. The maximum atomic E-state index is 12.9. The van der Waals surface area contributed by atoms with E-state index in [9.17, 15) is 9.59 Å². The first-order chi connectivity index (χ1) is 14.2. The summed E-state index contributed by atoms with van der Waals surface area (Å²) in [6, 6.07) is 18.3. The van der Waals surface area contributed by atoms with Gasteiger partial charge in [0.15, 0.2) is 0 Å². The van der Waals surface area contributed by atoms with Crippen molar-refractivity contribution in [2.24, 2.45) is 0 Å². The van der Waals surface area contributed by atoms with Gasteiger partial charge in [-0.25, -0.2) is 4.98 Å². The molecular weight excluding hydrogens is 366 g/mol. The Labute approximate surface area is 169 Å². The molecule has 0 aliphatic rings. The molecule has 0 radical (unpaired) electrons. The third-order valence-corrected chi connectivity index (χ3v) is 4.31. The van der Waals surface area contributed by atoms with E-state index >= 15 is 0 Å². The Hall–Kier alpha value is -3.92. The van der Waals surface area contributed by atoms with Gasteiger partial charge < -0.3 is 14.8 Å². The van der Waals surface area contributed by atoms with Gasteiger partial charge in [0, 0.05) is 43.2 Å². The number of benzene rings is 2. The van der Waals surface area contributed by atoms with Crippen LogP contribution in [0.2, 0.25) is 0 Å². The van der Waals surface area contributed by atoms with Crippen LogP contribution in [0.3, 0.4) is 0 Å². The van der Waals surface area contributed by atoms with Gasteiger partial charge in [-0.2, -0.15) is 5.26 Å². The lowest BCUT2D eigenvalue weighted by molar-refractivity contribution is -0.116. The van der Waals surface area contributed by atoms with Gasteiger partial charge in [-0.15, -0.1) is 0 Å². The number of hydrogen-bond acceptors (Lipinski definition) is 4. The molecule has 0 atom stereocenters. The number of hydrogen-bond donors (Lipinski definition) is 1. The molecule has 0 spiro atoms. The molecule has 146 valence electrons. The minimum absolute atomic E-state index is 0.0186. The molecule has 0 saturated carbocycles. The molecule has 0 bridgehead atoms. The van der Waals surface area contributed by atoms with E-state index in [0.29, 0.717) is 30.8 Å². The molecule has 2 aromatic carbocycles. The maximum absolute atomic E-state index is 12.9. The monoisotopic (exact) mass is 387 g/mol. The van der Waals surface area contributed by atoms with Crippen molar-refractivity contribution in [2.75, 3.05) is 11.9 Å². The number of nitrogens with one attached hydrogen (secondary N) is 1. The second-order valence-corrected chi connectivity index (χ2v) is 6.48. The zero-order chi connectivity index (χ0) is 20.5. The molecular formula is C22H21N5O2. The first-order valence-corrected chi connectivity index (χ1v) is 9.21. The number of rotatable bonds is 8. The molecule has 1 heterocycles. The summed E-state index contributed by atoms with van der Waals surface area (Å²) in [4.78, 5) is 30.5. The van der Waals surface area contributed by atoms with Gasteiger partial charge in [0.1, 0.15) is 6.54 Å². The van der Waals surface area contributed by atoms with E-state index in [-0.39, 0.29) is 18.4 Å². The van der Waals surface area contributed by atoms with E-state index in [1.165, 1.54) is 4.90 Å². The van der Waals surface area contributed by atoms with Crippen molar-refractivity contribution in [3.63, 3.8) is 0 Å². The second-order valence-electron chi connectivity index (χ2n) is 6.48. The highest BCUT2D eigenvalue weighted by molar-refractivity contribution is 5.97. The van der Waals surface area contributed by atoms with Crippen LogP contribution < -0.4 is 5.32 Å². The van der Waals surface area contributed by atoms with E-state index in [4.69, 9.17) is 5.26 Å². The molecule has 1 N–H and O–H groups in total. The van der Waals surface area contributed by atoms with Gasteiger partial charge in [-0.3, -0.25) is 9.59 Å². The van der Waals surface area contributed by atoms with Crippen molar-refractivity contribution in [1.29, 1.82) is 5.26 Å². The molecule has 2 amide bonds. The number of amides is 2. The Balaban J connectivity index is 1.65. The highest BCUT2D eigenvalue weighted by Crippen LogP contribution is 2.15. The van der Waals surface area contributed by atoms with Crippen molar-refractivity contribution in [1.82, 2.24) is 14.5 Å². The maximum Gasteiger partial charge on any atom is 0.255 e. The number of nitriles is 1. The van der Waals surface area contributed by atoms with Crippen LogP contribution in [0.15, 0.2) is 73.3 Å². The lowest BCUT2D eigenvalue weighted by Crippen LogP contribution is -2.31. The zero-order valence-electron chi connectivity index (χ0n) is 15.9. The summed E-state index contributed by atoms with van der Waals surface area (Å²) in [5.74, 6) is -0.411. The predicted octanol–water partition coefficient (Wildman–Crippen LogP) is 3.08. The summed E-state index contributed by atoms with van der Waals surface area (Å²) in [7, 11) is 0. The number of aromatic nitrogens is 2. The van der Waals surface area contributed by atoms with Crippen molar-refractivity contribution in [3.05, 3.63) is 84.4 Å². The third-order valence-electron chi connectivity index (χ3n) is 4.31. The number of carbonyl (C=O) groups is 2. The highest BCUT2D eigenvalue weighted by atomic mass is 16.2. The molecule has 3 aromatic rings. The van der Waals surface area contributed by atoms with E-state index in [0.717, 1.165) is 5.56 Å². The fraction of sp³-hybridized carbons (Fsp3) is 0.182. The smallest absolute Gasteiger partial charge is 0.255 e. The lowest BCUT2D eigenvalue weighted by atomic mass is 10.1. The van der Waals surface area contributed by atoms with Crippen LogP contribution in [-0.2, 0) is 17.9 Å². The van der Waals surface area contributed by atoms with Crippen LogP contribution in [-0.4, -0.2) is 32.8 Å². The molecule has 7 nitrogen and oxygen atoms in total. The zero-order valence-corrected chi connectivity index (χ0v) is 15.9. The van der Waals surface area contributed by atoms with E-state index < -0.39 is 0 Å². The van der Waals surface area contributed by atoms with Crippen LogP contribution in [0.25, 0.3) is 0 Å². The molecule has 0 aliphatic heterocycles. The Morgan fingerprint density at radius 3 is 2.69 bits per heavy atom. The van der Waals surface area contributed by atoms with E-state index in [1.54, 1.807) is 43.0 Å².